The Balaban J connectivity index is 2.59. The zero-order valence-electron chi connectivity index (χ0n) is 15.8. The first kappa shape index (κ1) is 20.2. The van der Waals surface area contributed by atoms with Crippen molar-refractivity contribution in [3.8, 4) is 0 Å². The molecule has 7 heteroatoms. The van der Waals surface area contributed by atoms with Crippen molar-refractivity contribution in [1.29, 1.82) is 0 Å². The van der Waals surface area contributed by atoms with Gasteiger partial charge in [0, 0.05) is 12.1 Å². The Bertz CT molecular complexity index is 922. The van der Waals surface area contributed by atoms with Gasteiger partial charge in [-0.25, -0.2) is 4.79 Å². The lowest BCUT2D eigenvalue weighted by molar-refractivity contribution is -0.123. The fraction of sp³-hybridized carbons (Fsp3) is 0.526. The van der Waals surface area contributed by atoms with Crippen LogP contribution in [0.15, 0.2) is 27.8 Å². The highest BCUT2D eigenvalue weighted by molar-refractivity contribution is 6.35. The van der Waals surface area contributed by atoms with E-state index in [9.17, 15) is 14.4 Å². The number of fused-ring (bicyclic) bond motifs is 1. The van der Waals surface area contributed by atoms with Crippen molar-refractivity contribution in [3.05, 3.63) is 44.1 Å². The van der Waals surface area contributed by atoms with E-state index in [0.717, 1.165) is 23.8 Å². The molecule has 0 aliphatic carbocycles. The minimum atomic E-state index is -0.536. The van der Waals surface area contributed by atoms with Gasteiger partial charge < -0.3 is 5.32 Å². The molecule has 0 spiro atoms. The molecule has 0 aliphatic heterocycles. The van der Waals surface area contributed by atoms with E-state index in [1.54, 1.807) is 22.8 Å². The summed E-state index contributed by atoms with van der Waals surface area (Å²) in [5.41, 5.74) is -0.956. The van der Waals surface area contributed by atoms with Crippen molar-refractivity contribution < 1.29 is 4.79 Å². The molecular formula is C19H26ClN3O3. The molecule has 1 heterocycles. The summed E-state index contributed by atoms with van der Waals surface area (Å²) in [6.07, 6.45) is 2.80. The van der Waals surface area contributed by atoms with Crippen molar-refractivity contribution in [1.82, 2.24) is 14.5 Å². The van der Waals surface area contributed by atoms with Gasteiger partial charge in [-0.15, -0.1) is 0 Å². The van der Waals surface area contributed by atoms with Crippen LogP contribution in [0.3, 0.4) is 0 Å². The van der Waals surface area contributed by atoms with Crippen LogP contribution in [0.4, 0.5) is 0 Å². The van der Waals surface area contributed by atoms with Crippen molar-refractivity contribution >= 4 is 28.4 Å². The molecule has 1 aromatic carbocycles. The normalized spacial score (nSPS) is 11.7. The Morgan fingerprint density at radius 3 is 2.46 bits per heavy atom. The molecule has 6 nitrogen and oxygen atoms in total. The largest absolute Gasteiger partial charge is 0.350 e. The second-order valence-electron chi connectivity index (χ2n) is 7.46. The molecule has 1 N–H and O–H groups in total. The Morgan fingerprint density at radius 2 is 1.85 bits per heavy atom. The standard InChI is InChI=1S/C19H26ClN3O3/c1-5-6-7-11-22-14-10-8-9-13(20)16(14)17(25)23(18(22)26)12-15(24)21-19(2,3)4/h8-10H,5-7,11-12H2,1-4H3,(H,21,24). The van der Waals surface area contributed by atoms with E-state index in [4.69, 9.17) is 11.6 Å². The highest BCUT2D eigenvalue weighted by Gasteiger charge is 2.19. The number of benzene rings is 1. The summed E-state index contributed by atoms with van der Waals surface area (Å²) >= 11 is 6.23. The number of hydrogen-bond acceptors (Lipinski definition) is 3. The number of amides is 1. The van der Waals surface area contributed by atoms with Gasteiger partial charge in [0.2, 0.25) is 5.91 Å². The van der Waals surface area contributed by atoms with Gasteiger partial charge in [0.05, 0.1) is 15.9 Å². The number of nitrogens with one attached hydrogen (secondary N) is 1. The number of nitrogens with zero attached hydrogens (tertiary/aromatic N) is 2. The lowest BCUT2D eigenvalue weighted by Gasteiger charge is -2.21. The van der Waals surface area contributed by atoms with Gasteiger partial charge in [0.25, 0.3) is 5.56 Å². The Hall–Kier alpha value is -2.08. The van der Waals surface area contributed by atoms with Crippen LogP contribution in [0.5, 0.6) is 0 Å². The van der Waals surface area contributed by atoms with Crippen molar-refractivity contribution in [3.63, 3.8) is 0 Å². The second kappa shape index (κ2) is 8.08. The summed E-state index contributed by atoms with van der Waals surface area (Å²) in [4.78, 5) is 38.0. The topological polar surface area (TPSA) is 73.1 Å². The minimum Gasteiger partial charge on any atom is -0.350 e. The third-order valence-corrected chi connectivity index (χ3v) is 4.32. The predicted octanol–water partition coefficient (Wildman–Crippen LogP) is 2.92. The lowest BCUT2D eigenvalue weighted by atomic mass is 10.1. The quantitative estimate of drug-likeness (QED) is 0.784. The maximum Gasteiger partial charge on any atom is 0.331 e. The van der Waals surface area contributed by atoms with E-state index < -0.39 is 16.8 Å². The number of hydrogen-bond donors (Lipinski definition) is 1. The first-order valence-corrected chi connectivity index (χ1v) is 9.26. The Kier molecular flexibility index (Phi) is 6.29. The summed E-state index contributed by atoms with van der Waals surface area (Å²) in [5.74, 6) is -0.386. The number of unbranched alkanes of at least 4 members (excludes halogenated alkanes) is 2. The molecule has 0 saturated heterocycles. The van der Waals surface area contributed by atoms with E-state index in [1.165, 1.54) is 0 Å². The van der Waals surface area contributed by atoms with Gasteiger partial charge >= 0.3 is 5.69 Å². The monoisotopic (exact) mass is 379 g/mol. The van der Waals surface area contributed by atoms with Gasteiger partial charge in [-0.2, -0.15) is 0 Å². The van der Waals surface area contributed by atoms with Crippen LogP contribution in [0.2, 0.25) is 5.02 Å². The highest BCUT2D eigenvalue weighted by atomic mass is 35.5. The van der Waals surface area contributed by atoms with Crippen LogP contribution in [0, 0.1) is 0 Å². The molecule has 0 saturated carbocycles. The van der Waals surface area contributed by atoms with E-state index in [2.05, 4.69) is 12.2 Å². The number of carbonyl (C=O) groups is 1. The molecule has 2 aromatic rings. The molecule has 0 aliphatic rings. The molecule has 0 atom stereocenters. The van der Waals surface area contributed by atoms with Crippen LogP contribution in [0.1, 0.15) is 47.0 Å². The molecule has 26 heavy (non-hydrogen) atoms. The molecule has 0 radical (unpaired) electrons. The molecule has 0 unspecified atom stereocenters. The molecular weight excluding hydrogens is 354 g/mol. The molecule has 2 rings (SSSR count). The Labute approximate surface area is 157 Å². The number of rotatable bonds is 6. The number of carbonyl (C=O) groups excluding carboxylic acids is 1. The smallest absolute Gasteiger partial charge is 0.331 e. The fourth-order valence-corrected chi connectivity index (χ4v) is 3.15. The average molecular weight is 380 g/mol. The summed E-state index contributed by atoms with van der Waals surface area (Å²) in [5, 5.41) is 3.33. The minimum absolute atomic E-state index is 0.272. The first-order valence-electron chi connectivity index (χ1n) is 8.88. The third kappa shape index (κ3) is 4.55. The van der Waals surface area contributed by atoms with Gasteiger partial charge in [0.1, 0.15) is 6.54 Å². The summed E-state index contributed by atoms with van der Waals surface area (Å²) in [6, 6.07) is 5.05. The molecule has 1 aromatic heterocycles. The van der Waals surface area contributed by atoms with E-state index in [1.807, 2.05) is 20.8 Å². The molecule has 142 valence electrons. The number of halogens is 1. The molecule has 0 fully saturated rings. The van der Waals surface area contributed by atoms with Crippen LogP contribution >= 0.6 is 11.6 Å². The van der Waals surface area contributed by atoms with Crippen LogP contribution in [-0.2, 0) is 17.9 Å². The highest BCUT2D eigenvalue weighted by Crippen LogP contribution is 2.19. The maximum atomic E-state index is 12.9. The van der Waals surface area contributed by atoms with Gasteiger partial charge in [0.15, 0.2) is 0 Å². The van der Waals surface area contributed by atoms with Crippen LogP contribution < -0.4 is 16.6 Å². The Morgan fingerprint density at radius 1 is 1.15 bits per heavy atom. The lowest BCUT2D eigenvalue weighted by Crippen LogP contribution is -2.47. The summed E-state index contributed by atoms with van der Waals surface area (Å²) in [7, 11) is 0. The van der Waals surface area contributed by atoms with Gasteiger partial charge in [-0.05, 0) is 39.3 Å². The molecule has 0 bridgehead atoms. The van der Waals surface area contributed by atoms with Crippen molar-refractivity contribution in [2.24, 2.45) is 0 Å². The summed E-state index contributed by atoms with van der Waals surface area (Å²) < 4.78 is 2.52. The fourth-order valence-electron chi connectivity index (χ4n) is 2.90. The molecule has 1 amide bonds. The third-order valence-electron chi connectivity index (χ3n) is 4.00. The predicted molar refractivity (Wildman–Crippen MR) is 105 cm³/mol. The zero-order chi connectivity index (χ0) is 19.5. The number of aryl methyl sites for hydroxylation is 1. The first-order chi connectivity index (χ1) is 12.2. The number of aromatic nitrogens is 2. The van der Waals surface area contributed by atoms with E-state index in [0.29, 0.717) is 12.1 Å². The second-order valence-corrected chi connectivity index (χ2v) is 7.87. The van der Waals surface area contributed by atoms with Gasteiger partial charge in [-0.3, -0.25) is 18.7 Å². The van der Waals surface area contributed by atoms with E-state index in [-0.39, 0.29) is 22.9 Å². The van der Waals surface area contributed by atoms with Crippen molar-refractivity contribution in [2.45, 2.75) is 65.6 Å². The van der Waals surface area contributed by atoms with Crippen molar-refractivity contribution in [2.75, 3.05) is 0 Å². The average Bonchev–Trinajstić information content (AvgIpc) is 2.53. The van der Waals surface area contributed by atoms with Crippen LogP contribution in [0.25, 0.3) is 10.9 Å². The zero-order valence-corrected chi connectivity index (χ0v) is 16.5. The van der Waals surface area contributed by atoms with E-state index >= 15 is 0 Å². The van der Waals surface area contributed by atoms with Gasteiger partial charge in [-0.1, -0.05) is 37.4 Å². The summed E-state index contributed by atoms with van der Waals surface area (Å²) in [6.45, 7) is 7.75. The van der Waals surface area contributed by atoms with Crippen LogP contribution in [-0.4, -0.2) is 20.6 Å². The SMILES string of the molecule is CCCCCn1c(=O)n(CC(=O)NC(C)(C)C)c(=O)c2c(Cl)cccc21. The maximum absolute atomic E-state index is 12.9.